The van der Waals surface area contributed by atoms with Crippen molar-refractivity contribution in [3.8, 4) is 11.8 Å². The average molecular weight is 454 g/mol. The number of carbonyl (C=O) groups excluding carboxylic acids is 1. The molecule has 0 radical (unpaired) electrons. The van der Waals surface area contributed by atoms with Gasteiger partial charge in [0.2, 0.25) is 5.92 Å². The van der Waals surface area contributed by atoms with Crippen LogP contribution in [0.1, 0.15) is 46.9 Å². The fourth-order valence-corrected chi connectivity index (χ4v) is 3.92. The van der Waals surface area contributed by atoms with Crippen molar-refractivity contribution < 1.29 is 31.5 Å². The summed E-state index contributed by atoms with van der Waals surface area (Å²) in [5.41, 5.74) is 1.31. The third-order valence-electron chi connectivity index (χ3n) is 5.64. The number of alkyl halides is 5. The molecular weight excluding hydrogens is 435 g/mol. The SMILES string of the molecule is C[C@H](Oc1ccc(C#N)cc1C(=O)N1Cc2cn(CC3CC(F)(F)C3)nc2C1)C(F)(F)F. The second-order valence-electron chi connectivity index (χ2n) is 8.24. The van der Waals surface area contributed by atoms with E-state index in [0.29, 0.717) is 12.2 Å². The van der Waals surface area contributed by atoms with Gasteiger partial charge in [0.15, 0.2) is 6.10 Å². The Morgan fingerprint density at radius 2 is 2.06 bits per heavy atom. The van der Waals surface area contributed by atoms with E-state index in [9.17, 15) is 26.7 Å². The van der Waals surface area contributed by atoms with Crippen LogP contribution in [-0.4, -0.2) is 38.8 Å². The van der Waals surface area contributed by atoms with Gasteiger partial charge in [0.25, 0.3) is 5.91 Å². The zero-order chi connectivity index (χ0) is 23.3. The van der Waals surface area contributed by atoms with Gasteiger partial charge in [-0.05, 0) is 31.0 Å². The summed E-state index contributed by atoms with van der Waals surface area (Å²) in [7, 11) is 0. The number of carbonyl (C=O) groups is 1. The van der Waals surface area contributed by atoms with E-state index in [1.165, 1.54) is 23.1 Å². The zero-order valence-electron chi connectivity index (χ0n) is 17.0. The van der Waals surface area contributed by atoms with Crippen LogP contribution in [-0.2, 0) is 19.6 Å². The Hall–Kier alpha value is -3.16. The Labute approximate surface area is 180 Å². The van der Waals surface area contributed by atoms with Crippen molar-refractivity contribution in [1.29, 1.82) is 5.26 Å². The first-order valence-electron chi connectivity index (χ1n) is 9.95. The van der Waals surface area contributed by atoms with E-state index in [4.69, 9.17) is 10.00 Å². The maximum absolute atomic E-state index is 13.1. The van der Waals surface area contributed by atoms with E-state index < -0.39 is 24.1 Å². The fourth-order valence-electron chi connectivity index (χ4n) is 3.92. The lowest BCUT2D eigenvalue weighted by molar-refractivity contribution is -0.189. The maximum Gasteiger partial charge on any atom is 0.425 e. The van der Waals surface area contributed by atoms with Crippen LogP contribution >= 0.6 is 0 Å². The highest BCUT2D eigenvalue weighted by molar-refractivity contribution is 5.97. The van der Waals surface area contributed by atoms with Gasteiger partial charge in [-0.15, -0.1) is 0 Å². The molecule has 170 valence electrons. The molecule has 11 heteroatoms. The lowest BCUT2D eigenvalue weighted by atomic mass is 9.81. The zero-order valence-corrected chi connectivity index (χ0v) is 17.0. The van der Waals surface area contributed by atoms with E-state index in [1.54, 1.807) is 10.9 Å². The molecule has 2 aromatic rings. The molecule has 1 aromatic carbocycles. The largest absolute Gasteiger partial charge is 0.480 e. The van der Waals surface area contributed by atoms with E-state index in [0.717, 1.165) is 12.5 Å². The first kappa shape index (κ1) is 22.0. The van der Waals surface area contributed by atoms with Gasteiger partial charge >= 0.3 is 6.18 Å². The van der Waals surface area contributed by atoms with Crippen molar-refractivity contribution in [2.75, 3.05) is 0 Å². The van der Waals surface area contributed by atoms with Gasteiger partial charge in [-0.3, -0.25) is 9.48 Å². The lowest BCUT2D eigenvalue weighted by Crippen LogP contribution is -2.37. The van der Waals surface area contributed by atoms with E-state index in [2.05, 4.69) is 5.10 Å². The van der Waals surface area contributed by atoms with Gasteiger partial charge in [0.05, 0.1) is 29.4 Å². The molecule has 0 N–H and O–H groups in total. The molecule has 2 aliphatic rings. The molecule has 0 spiro atoms. The highest BCUT2D eigenvalue weighted by Crippen LogP contribution is 2.43. The standard InChI is InChI=1S/C21H19F5N4O2/c1-12(21(24,25)26)32-18-3-2-13(7-27)4-16(18)19(31)29-9-15-10-30(28-17(15)11-29)8-14-5-20(22,23)6-14/h2-4,10,12,14H,5-6,8-9,11H2,1H3/t12-/m0/s1. The van der Waals surface area contributed by atoms with Crippen LogP contribution in [0.5, 0.6) is 5.75 Å². The predicted molar refractivity (Wildman–Crippen MR) is 101 cm³/mol. The number of benzene rings is 1. The summed E-state index contributed by atoms with van der Waals surface area (Å²) in [6, 6.07) is 5.52. The van der Waals surface area contributed by atoms with Crippen LogP contribution in [0.4, 0.5) is 22.0 Å². The Morgan fingerprint density at radius 1 is 1.34 bits per heavy atom. The summed E-state index contributed by atoms with van der Waals surface area (Å²) in [6.45, 7) is 1.49. The van der Waals surface area contributed by atoms with Crippen molar-refractivity contribution in [1.82, 2.24) is 14.7 Å². The molecule has 1 aliphatic carbocycles. The lowest BCUT2D eigenvalue weighted by Gasteiger charge is -2.34. The smallest absolute Gasteiger partial charge is 0.425 e. The molecule has 1 aromatic heterocycles. The monoisotopic (exact) mass is 454 g/mol. The second kappa shape index (κ2) is 7.76. The molecule has 1 aliphatic heterocycles. The Balaban J connectivity index is 1.48. The number of nitrogens with zero attached hydrogens (tertiary/aromatic N) is 4. The van der Waals surface area contributed by atoms with E-state index in [1.807, 2.05) is 6.07 Å². The number of fused-ring (bicyclic) bond motifs is 1. The van der Waals surface area contributed by atoms with Gasteiger partial charge in [0.1, 0.15) is 5.75 Å². The second-order valence-corrected chi connectivity index (χ2v) is 8.24. The van der Waals surface area contributed by atoms with Crippen molar-refractivity contribution in [3.05, 3.63) is 46.8 Å². The summed E-state index contributed by atoms with van der Waals surface area (Å²) in [5.74, 6) is -3.61. The number of halogens is 5. The first-order chi connectivity index (χ1) is 14.9. The summed E-state index contributed by atoms with van der Waals surface area (Å²) < 4.78 is 71.4. The predicted octanol–water partition coefficient (Wildman–Crippen LogP) is 4.29. The van der Waals surface area contributed by atoms with Gasteiger partial charge in [-0.1, -0.05) is 0 Å². The van der Waals surface area contributed by atoms with Crippen LogP contribution in [0.3, 0.4) is 0 Å². The fraction of sp³-hybridized carbons (Fsp3) is 0.476. The van der Waals surface area contributed by atoms with Gasteiger partial charge < -0.3 is 9.64 Å². The number of amides is 1. The number of aromatic nitrogens is 2. The summed E-state index contributed by atoms with van der Waals surface area (Å²) in [4.78, 5) is 14.5. The minimum atomic E-state index is -4.62. The van der Waals surface area contributed by atoms with E-state index >= 15 is 0 Å². The van der Waals surface area contributed by atoms with Crippen molar-refractivity contribution in [3.63, 3.8) is 0 Å². The normalized spacial score (nSPS) is 18.6. The highest BCUT2D eigenvalue weighted by atomic mass is 19.4. The average Bonchev–Trinajstić information content (AvgIpc) is 3.24. The summed E-state index contributed by atoms with van der Waals surface area (Å²) >= 11 is 0. The van der Waals surface area contributed by atoms with Crippen molar-refractivity contribution >= 4 is 5.91 Å². The minimum Gasteiger partial charge on any atom is -0.480 e. The first-order valence-corrected chi connectivity index (χ1v) is 9.95. The number of hydrogen-bond donors (Lipinski definition) is 0. The molecule has 32 heavy (non-hydrogen) atoms. The molecule has 1 saturated carbocycles. The molecule has 2 heterocycles. The minimum absolute atomic E-state index is 0.111. The molecule has 1 atom stereocenters. The van der Waals surface area contributed by atoms with Gasteiger partial charge in [-0.2, -0.15) is 23.5 Å². The van der Waals surface area contributed by atoms with Crippen molar-refractivity contribution in [2.24, 2.45) is 5.92 Å². The number of nitriles is 1. The van der Waals surface area contributed by atoms with Crippen molar-refractivity contribution in [2.45, 2.75) is 57.6 Å². The number of ether oxygens (including phenoxy) is 1. The highest BCUT2D eigenvalue weighted by Gasteiger charge is 2.45. The molecular formula is C21H19F5N4O2. The van der Waals surface area contributed by atoms with Crippen LogP contribution in [0.25, 0.3) is 0 Å². The summed E-state index contributed by atoms with van der Waals surface area (Å²) in [6.07, 6.45) is -5.40. The molecule has 6 nitrogen and oxygen atoms in total. The van der Waals surface area contributed by atoms with Crippen LogP contribution in [0.2, 0.25) is 0 Å². The number of rotatable bonds is 5. The molecule has 0 unspecified atom stereocenters. The quantitative estimate of drug-likeness (QED) is 0.633. The molecule has 1 amide bonds. The molecule has 1 fully saturated rings. The topological polar surface area (TPSA) is 71.2 Å². The third-order valence-corrected chi connectivity index (χ3v) is 5.64. The van der Waals surface area contributed by atoms with Gasteiger partial charge in [-0.25, -0.2) is 8.78 Å². The third kappa shape index (κ3) is 4.40. The van der Waals surface area contributed by atoms with Gasteiger partial charge in [0, 0.05) is 37.7 Å². The van der Waals surface area contributed by atoms with Crippen LogP contribution in [0.15, 0.2) is 24.4 Å². The summed E-state index contributed by atoms with van der Waals surface area (Å²) in [5, 5.41) is 13.5. The van der Waals surface area contributed by atoms with Crippen LogP contribution < -0.4 is 4.74 Å². The Bertz CT molecular complexity index is 1060. The molecule has 0 saturated heterocycles. The Kier molecular flexibility index (Phi) is 5.35. The van der Waals surface area contributed by atoms with E-state index in [-0.39, 0.29) is 48.7 Å². The Morgan fingerprint density at radius 3 is 2.66 bits per heavy atom. The molecule has 4 rings (SSSR count). The van der Waals surface area contributed by atoms with Crippen LogP contribution in [0, 0.1) is 17.2 Å². The number of hydrogen-bond acceptors (Lipinski definition) is 4. The maximum atomic E-state index is 13.1. The molecule has 0 bridgehead atoms.